The Kier molecular flexibility index (Phi) is 4.30. The number of aliphatic carboxylic acids is 1. The maximum Gasteiger partial charge on any atom is 0.333 e. The van der Waals surface area contributed by atoms with Crippen LogP contribution in [0.4, 0.5) is 0 Å². The van der Waals surface area contributed by atoms with Crippen LogP contribution in [-0.4, -0.2) is 24.6 Å². The molecule has 1 N–H and O–H groups in total. The van der Waals surface area contributed by atoms with E-state index in [0.29, 0.717) is 5.56 Å². The van der Waals surface area contributed by atoms with E-state index in [1.807, 2.05) is 0 Å². The van der Waals surface area contributed by atoms with Crippen LogP contribution in [0.15, 0.2) is 35.3 Å². The molecule has 15 heavy (non-hydrogen) atoms. The number of carboxylic acid groups (broad SMARTS) is 1. The quantitative estimate of drug-likeness (QED) is 0.344. The molecule has 0 spiro atoms. The van der Waals surface area contributed by atoms with Gasteiger partial charge in [0.05, 0.1) is 7.11 Å². The smallest absolute Gasteiger partial charge is 0.333 e. The van der Waals surface area contributed by atoms with Gasteiger partial charge in [-0.3, -0.25) is 0 Å². The molecule has 0 aromatic heterocycles. The van der Waals surface area contributed by atoms with E-state index >= 15 is 0 Å². The highest BCUT2D eigenvalue weighted by Crippen LogP contribution is 2.16. The van der Waals surface area contributed by atoms with Crippen LogP contribution in [0.25, 0.3) is 0 Å². The number of nitrogens with zero attached hydrogens (tertiary/aromatic N) is 1. The Morgan fingerprint density at radius 2 is 2.13 bits per heavy atom. The highest BCUT2D eigenvalue weighted by atomic mass is 17.2. The van der Waals surface area contributed by atoms with Gasteiger partial charge in [0.1, 0.15) is 0 Å². The molecule has 0 bridgehead atoms. The van der Waals surface area contributed by atoms with Crippen molar-refractivity contribution in [2.75, 3.05) is 7.11 Å². The summed E-state index contributed by atoms with van der Waals surface area (Å²) < 4.78 is 0. The first-order valence-electron chi connectivity index (χ1n) is 4.24. The average Bonchev–Trinajstić information content (AvgIpc) is 2.25. The Balaban J connectivity index is 2.80. The first-order valence-corrected chi connectivity index (χ1v) is 4.24. The molecule has 0 heterocycles. The van der Waals surface area contributed by atoms with Crippen molar-refractivity contribution < 1.29 is 19.7 Å². The zero-order valence-electron chi connectivity index (χ0n) is 8.16. The molecule has 0 unspecified atom stereocenters. The molecule has 0 saturated carbocycles. The predicted molar refractivity (Wildman–Crippen MR) is 53.4 cm³/mol. The lowest BCUT2D eigenvalue weighted by molar-refractivity contribution is -0.188. The Morgan fingerprint density at radius 1 is 1.47 bits per heavy atom. The molecule has 0 amide bonds. The van der Waals surface area contributed by atoms with E-state index in [2.05, 4.69) is 14.8 Å². The van der Waals surface area contributed by atoms with Gasteiger partial charge in [-0.15, -0.1) is 0 Å². The van der Waals surface area contributed by atoms with E-state index in [4.69, 9.17) is 5.11 Å². The van der Waals surface area contributed by atoms with Crippen LogP contribution in [0.1, 0.15) is 11.6 Å². The summed E-state index contributed by atoms with van der Waals surface area (Å²) in [5, 5.41) is 8.92. The van der Waals surface area contributed by atoms with E-state index in [1.54, 1.807) is 30.3 Å². The van der Waals surface area contributed by atoms with Crippen LogP contribution in [-0.2, 0) is 14.6 Å². The van der Waals surface area contributed by atoms with E-state index in [-0.39, 0.29) is 0 Å². The standard InChI is InChI=1S/C10H11NO4/c1-14-15-7-11-9(10(12)13)8-5-3-2-4-6-8/h2-7,9H,1H3,(H,12,13)/t9-/m1/s1. The molecule has 1 aromatic rings. The Bertz CT molecular complexity index is 337. The summed E-state index contributed by atoms with van der Waals surface area (Å²) in [6.45, 7) is 0. The summed E-state index contributed by atoms with van der Waals surface area (Å²) >= 11 is 0. The molecule has 0 aliphatic rings. The molecular weight excluding hydrogens is 198 g/mol. The fraction of sp³-hybridized carbons (Fsp3) is 0.200. The first kappa shape index (κ1) is 11.2. The second-order valence-corrected chi connectivity index (χ2v) is 2.67. The van der Waals surface area contributed by atoms with Crippen LogP contribution < -0.4 is 0 Å². The van der Waals surface area contributed by atoms with Crippen molar-refractivity contribution >= 4 is 12.4 Å². The maximum atomic E-state index is 10.9. The molecule has 0 saturated heterocycles. The molecule has 1 rings (SSSR count). The van der Waals surface area contributed by atoms with Gasteiger partial charge in [-0.05, 0) is 5.56 Å². The molecule has 0 fully saturated rings. The van der Waals surface area contributed by atoms with E-state index in [1.165, 1.54) is 7.11 Å². The van der Waals surface area contributed by atoms with Gasteiger partial charge >= 0.3 is 5.97 Å². The summed E-state index contributed by atoms with van der Waals surface area (Å²) in [5.41, 5.74) is 0.584. The third-order valence-corrected chi connectivity index (χ3v) is 1.70. The summed E-state index contributed by atoms with van der Waals surface area (Å²) in [6.07, 6.45) is 0.964. The van der Waals surface area contributed by atoms with Gasteiger partial charge in [0.15, 0.2) is 6.04 Å². The molecule has 0 radical (unpaired) electrons. The van der Waals surface area contributed by atoms with E-state index in [9.17, 15) is 4.79 Å². The van der Waals surface area contributed by atoms with E-state index in [0.717, 1.165) is 6.40 Å². The molecule has 5 heteroatoms. The van der Waals surface area contributed by atoms with Crippen molar-refractivity contribution in [3.05, 3.63) is 35.9 Å². The van der Waals surface area contributed by atoms with Crippen LogP contribution in [0, 0.1) is 0 Å². The molecule has 5 nitrogen and oxygen atoms in total. The number of aliphatic imine (C=N–C) groups is 1. The second kappa shape index (κ2) is 5.77. The topological polar surface area (TPSA) is 68.1 Å². The summed E-state index contributed by atoms with van der Waals surface area (Å²) in [6, 6.07) is 7.70. The highest BCUT2D eigenvalue weighted by Gasteiger charge is 2.17. The Morgan fingerprint density at radius 3 is 2.67 bits per heavy atom. The van der Waals surface area contributed by atoms with Crippen molar-refractivity contribution in [1.29, 1.82) is 0 Å². The molecule has 1 aromatic carbocycles. The first-order chi connectivity index (χ1) is 7.25. The molecule has 80 valence electrons. The average molecular weight is 209 g/mol. The van der Waals surface area contributed by atoms with Gasteiger partial charge in [0, 0.05) is 0 Å². The van der Waals surface area contributed by atoms with E-state index < -0.39 is 12.0 Å². The van der Waals surface area contributed by atoms with Crippen LogP contribution in [0.3, 0.4) is 0 Å². The minimum Gasteiger partial charge on any atom is -0.479 e. The van der Waals surface area contributed by atoms with Gasteiger partial charge < -0.3 is 9.99 Å². The van der Waals surface area contributed by atoms with Crippen molar-refractivity contribution in [1.82, 2.24) is 0 Å². The number of carbonyl (C=O) groups is 1. The highest BCUT2D eigenvalue weighted by molar-refractivity contribution is 5.77. The number of rotatable bonds is 5. The van der Waals surface area contributed by atoms with Crippen LogP contribution in [0.5, 0.6) is 0 Å². The molecular formula is C10H11NO4. The van der Waals surface area contributed by atoms with Gasteiger partial charge in [0.2, 0.25) is 6.40 Å². The lowest BCUT2D eigenvalue weighted by atomic mass is 10.1. The minimum absolute atomic E-state index is 0.584. The molecule has 1 atom stereocenters. The van der Waals surface area contributed by atoms with Crippen molar-refractivity contribution in [2.45, 2.75) is 6.04 Å². The second-order valence-electron chi connectivity index (χ2n) is 2.67. The summed E-state index contributed by atoms with van der Waals surface area (Å²) in [5.74, 6) is -1.04. The summed E-state index contributed by atoms with van der Waals surface area (Å²) in [4.78, 5) is 23.2. The largest absolute Gasteiger partial charge is 0.479 e. The van der Waals surface area contributed by atoms with Crippen molar-refractivity contribution in [3.63, 3.8) is 0 Å². The van der Waals surface area contributed by atoms with Gasteiger partial charge in [-0.1, -0.05) is 30.3 Å². The minimum atomic E-state index is -1.04. The molecule has 0 aliphatic heterocycles. The number of hydrogen-bond donors (Lipinski definition) is 1. The fourth-order valence-electron chi connectivity index (χ4n) is 1.06. The van der Waals surface area contributed by atoms with Crippen molar-refractivity contribution in [2.24, 2.45) is 4.99 Å². The number of hydrogen-bond acceptors (Lipinski definition) is 4. The zero-order valence-corrected chi connectivity index (χ0v) is 8.16. The summed E-state index contributed by atoms with van der Waals surface area (Å²) in [7, 11) is 1.31. The third kappa shape index (κ3) is 3.40. The molecule has 0 aliphatic carbocycles. The normalized spacial score (nSPS) is 12.6. The van der Waals surface area contributed by atoms with Crippen LogP contribution >= 0.6 is 0 Å². The maximum absolute atomic E-state index is 10.9. The number of carboxylic acids is 1. The fourth-order valence-corrected chi connectivity index (χ4v) is 1.06. The lowest BCUT2D eigenvalue weighted by Crippen LogP contribution is -2.09. The monoisotopic (exact) mass is 209 g/mol. The van der Waals surface area contributed by atoms with Gasteiger partial charge in [0.25, 0.3) is 0 Å². The van der Waals surface area contributed by atoms with Gasteiger partial charge in [-0.25, -0.2) is 9.79 Å². The number of benzene rings is 1. The van der Waals surface area contributed by atoms with Crippen molar-refractivity contribution in [3.8, 4) is 0 Å². The van der Waals surface area contributed by atoms with Crippen LogP contribution in [0.2, 0.25) is 0 Å². The zero-order chi connectivity index (χ0) is 11.1. The Labute approximate surface area is 86.9 Å². The predicted octanol–water partition coefficient (Wildman–Crippen LogP) is 1.42. The van der Waals surface area contributed by atoms with Gasteiger partial charge in [-0.2, -0.15) is 4.89 Å². The Hall–Kier alpha value is -1.88. The third-order valence-electron chi connectivity index (χ3n) is 1.70. The lowest BCUT2D eigenvalue weighted by Gasteiger charge is -2.06. The SMILES string of the molecule is COOC=N[C@@H](C(=O)O)c1ccccc1.